The van der Waals surface area contributed by atoms with E-state index >= 15 is 0 Å². The fraction of sp³-hybridized carbons (Fsp3) is 0.410. The van der Waals surface area contributed by atoms with Gasteiger partial charge in [0.1, 0.15) is 40.3 Å². The van der Waals surface area contributed by atoms with E-state index in [0.717, 1.165) is 147 Å². The summed E-state index contributed by atoms with van der Waals surface area (Å²) in [5.74, 6) is -0.865. The monoisotopic (exact) mass is 1550 g/mol. The third-order valence-electron chi connectivity index (χ3n) is 20.0. The first-order valence-electron chi connectivity index (χ1n) is 37.0. The number of hydrogen-bond acceptors (Lipinski definition) is 16. The zero-order valence-corrected chi connectivity index (χ0v) is 62.2. The van der Waals surface area contributed by atoms with Crippen molar-refractivity contribution >= 4 is 79.1 Å². The first kappa shape index (κ1) is 81.9. The van der Waals surface area contributed by atoms with Gasteiger partial charge in [-0.3, -0.25) is 24.5 Å². The third kappa shape index (κ3) is 20.1. The second kappa shape index (κ2) is 38.7. The van der Waals surface area contributed by atoms with Gasteiger partial charge in [0.2, 0.25) is 0 Å². The average molecular weight is 1550 g/mol. The Morgan fingerprint density at radius 2 is 0.955 bits per heavy atom. The molecule has 7 aliphatic heterocycles. The standard InChI is InChI=1S/C25H29FN4O3.C23H23ClFN3O3.C22H23FN4O2.C7H5ClO2.C4H9N.2CH4/c1-28(2)15-18-16-29(14-17-6-8-19(26)9-7-17)21-13-27-24-20(23(18)21)10-11-30(25(24)31)33-22-5-3-4-12-32-22;24-11-16-14-27(13-15-4-6-17(25)7-5-15)19-12-26-22-18(21(16)19)8-9-28(23(22)29)31-20-3-1-2-10-30-20;23-17-5-3-15(4-6-17)12-26-14-16(13-25-8-1-2-9-25)20-18-7-10-27(29)22(28)21(18)24-11-19(20)26;8-7(9)10-6-4-2-1-3-5-6;1-2-4-5-3-1;;/h6-9,13,16,22H,3-5,10-12,14-15H2,1-2H3;4-7,12,14,20H,1-3,8-11,13H2;3-6,11,14,29H,1-2,7-10,12-13H2;1-5H;5H,1-4H2;2*1H4. The van der Waals surface area contributed by atoms with Crippen LogP contribution in [0.25, 0.3) is 32.7 Å². The van der Waals surface area contributed by atoms with Crippen LogP contribution in [0.1, 0.15) is 161 Å². The number of hydroxylamine groups is 6. The normalized spacial score (nSPS) is 17.5. The summed E-state index contributed by atoms with van der Waals surface area (Å²) in [7, 11) is 4.06. The van der Waals surface area contributed by atoms with Crippen LogP contribution in [0, 0.1) is 17.5 Å². The van der Waals surface area contributed by atoms with E-state index in [1.807, 2.05) is 26.4 Å². The molecule has 4 aromatic carbocycles. The van der Waals surface area contributed by atoms with Crippen LogP contribution in [0.3, 0.4) is 0 Å². The van der Waals surface area contributed by atoms with Gasteiger partial charge in [-0.15, -0.1) is 11.6 Å². The number of hydrogen-bond donors (Lipinski definition) is 2. The lowest BCUT2D eigenvalue weighted by molar-refractivity contribution is -0.267. The van der Waals surface area contributed by atoms with E-state index in [4.69, 9.17) is 42.4 Å². The van der Waals surface area contributed by atoms with Crippen LogP contribution in [0.15, 0.2) is 140 Å². The van der Waals surface area contributed by atoms with Crippen molar-refractivity contribution in [1.82, 2.24) is 59.0 Å². The van der Waals surface area contributed by atoms with Crippen molar-refractivity contribution in [2.45, 2.75) is 150 Å². The van der Waals surface area contributed by atoms with Crippen LogP contribution in [-0.4, -0.2) is 168 Å². The van der Waals surface area contributed by atoms with Gasteiger partial charge in [-0.05, 0) is 210 Å². The quantitative estimate of drug-likeness (QED) is 0.0522. The lowest BCUT2D eigenvalue weighted by Crippen LogP contribution is -2.42. The number of para-hydroxylation sites is 1. The van der Waals surface area contributed by atoms with Crippen LogP contribution in [-0.2, 0) is 77.0 Å². The Morgan fingerprint density at radius 1 is 0.536 bits per heavy atom. The Hall–Kier alpha value is -9.12. The molecule has 2 unspecified atom stereocenters. The minimum absolute atomic E-state index is 0. The predicted octanol–water partition coefficient (Wildman–Crippen LogP) is 15.4. The van der Waals surface area contributed by atoms with Crippen molar-refractivity contribution in [3.05, 3.63) is 225 Å². The van der Waals surface area contributed by atoms with E-state index in [2.05, 4.69) is 60.9 Å². The molecule has 3 amide bonds. The zero-order chi connectivity index (χ0) is 75.2. The minimum Gasteiger partial charge on any atom is -0.415 e. The Kier molecular flexibility index (Phi) is 28.8. The van der Waals surface area contributed by atoms with Gasteiger partial charge in [-0.1, -0.05) is 69.5 Å². The van der Waals surface area contributed by atoms with E-state index in [9.17, 15) is 37.6 Å². The molecule has 6 aromatic heterocycles. The zero-order valence-electron chi connectivity index (χ0n) is 60.7. The number of nitrogens with one attached hydrogen (secondary N) is 1. The topological polar surface area (TPSA) is 216 Å². The molecule has 4 saturated heterocycles. The van der Waals surface area contributed by atoms with Crippen LogP contribution in [0.5, 0.6) is 5.75 Å². The summed E-state index contributed by atoms with van der Waals surface area (Å²) in [4.78, 5) is 78.6. The highest BCUT2D eigenvalue weighted by atomic mass is 35.5. The smallest absolute Gasteiger partial charge is 0.409 e. The molecule has 22 nitrogen and oxygen atoms in total. The molecule has 0 radical (unpaired) electrons. The van der Waals surface area contributed by atoms with E-state index < -0.39 is 11.3 Å². The van der Waals surface area contributed by atoms with Gasteiger partial charge in [0.25, 0.3) is 17.7 Å². The number of rotatable bonds is 16. The Morgan fingerprint density at radius 3 is 1.36 bits per heavy atom. The molecule has 27 heteroatoms. The van der Waals surface area contributed by atoms with Gasteiger partial charge in [-0.2, -0.15) is 0 Å². The SMILES string of the molecule is C.C.C1CCNC1.CN(C)Cc1cn(Cc2ccc(F)cc2)c2cnc3c(c12)CCN(OC1CCCCO1)C3=O.O=C(Cl)Oc1ccccc1.O=C1c2ncc3c(c(CCl)cn3Cc3ccc(F)cc3)c2CCN1OC1CCCCO1.O=C1c2ncc3c(c(CN4CCCC4)cn3Cc3ccc(F)cc3)c2CCN1O. The predicted molar refractivity (Wildman–Crippen MR) is 416 cm³/mol. The molecule has 110 heavy (non-hydrogen) atoms. The number of carbonyl (C=O) groups excluding carboxylic acids is 4. The fourth-order valence-corrected chi connectivity index (χ4v) is 15.1. The van der Waals surface area contributed by atoms with E-state index in [0.29, 0.717) is 93.9 Å². The van der Waals surface area contributed by atoms with Crippen LogP contribution in [0.2, 0.25) is 0 Å². The van der Waals surface area contributed by atoms with Crippen LogP contribution < -0.4 is 10.1 Å². The molecule has 584 valence electrons. The number of halogens is 5. The highest BCUT2D eigenvalue weighted by Crippen LogP contribution is 2.36. The van der Waals surface area contributed by atoms with Gasteiger partial charge in [0.15, 0.2) is 12.6 Å². The van der Waals surface area contributed by atoms with Crippen molar-refractivity contribution in [2.24, 2.45) is 0 Å². The molecule has 0 saturated carbocycles. The molecular formula is C83H97Cl2F3N12O10. The molecule has 17 rings (SSSR count). The Balaban J connectivity index is 0.000000148. The van der Waals surface area contributed by atoms with Gasteiger partial charge in [-0.25, -0.2) is 57.8 Å². The number of nitrogens with zero attached hydrogens (tertiary/aromatic N) is 11. The lowest BCUT2D eigenvalue weighted by Gasteiger charge is -2.32. The first-order valence-corrected chi connectivity index (χ1v) is 37.9. The number of amides is 3. The van der Waals surface area contributed by atoms with Crippen molar-refractivity contribution < 1.29 is 61.4 Å². The molecule has 10 aromatic rings. The van der Waals surface area contributed by atoms with Gasteiger partial charge in [0.05, 0.1) is 54.8 Å². The highest BCUT2D eigenvalue weighted by molar-refractivity contribution is 6.61. The Bertz CT molecular complexity index is 4750. The minimum atomic E-state index is -0.814. The van der Waals surface area contributed by atoms with Crippen LogP contribution >= 0.6 is 23.2 Å². The molecule has 13 heterocycles. The second-order valence-electron chi connectivity index (χ2n) is 28.0. The number of fused-ring (bicyclic) bond motifs is 9. The molecule has 0 aliphatic carbocycles. The molecule has 0 bridgehead atoms. The summed E-state index contributed by atoms with van der Waals surface area (Å²) in [6, 6.07) is 28.2. The third-order valence-corrected chi connectivity index (χ3v) is 20.4. The summed E-state index contributed by atoms with van der Waals surface area (Å²) >= 11 is 11.2. The number of ether oxygens (including phenoxy) is 3. The lowest BCUT2D eigenvalue weighted by atomic mass is 9.99. The maximum Gasteiger partial charge on any atom is 0.409 e. The van der Waals surface area contributed by atoms with Crippen molar-refractivity contribution in [1.29, 1.82) is 0 Å². The number of benzene rings is 4. The summed E-state index contributed by atoms with van der Waals surface area (Å²) in [5, 5.41) is 19.7. The summed E-state index contributed by atoms with van der Waals surface area (Å²) in [6.45, 7) is 10.5. The molecular weight excluding hydrogens is 1450 g/mol. The Labute approximate surface area is 649 Å². The number of carbonyl (C=O) groups is 4. The summed E-state index contributed by atoms with van der Waals surface area (Å²) in [5.41, 5.74) is 12.3. The maximum absolute atomic E-state index is 13.4. The molecule has 2 N–H and O–H groups in total. The number of alkyl halides is 1. The summed E-state index contributed by atoms with van der Waals surface area (Å²) in [6.07, 6.45) is 23.5. The maximum atomic E-state index is 13.4. The van der Waals surface area contributed by atoms with Gasteiger partial charge >= 0.3 is 5.43 Å². The average Bonchev–Trinajstić information content (AvgIpc) is 1.59. The number of pyridine rings is 3. The number of aromatic nitrogens is 6. The summed E-state index contributed by atoms with van der Waals surface area (Å²) < 4.78 is 62.0. The highest BCUT2D eigenvalue weighted by Gasteiger charge is 2.35. The van der Waals surface area contributed by atoms with Crippen molar-refractivity contribution in [2.75, 3.05) is 73.1 Å². The first-order chi connectivity index (χ1) is 52.5. The molecule has 2 atom stereocenters. The van der Waals surface area contributed by atoms with E-state index in [1.54, 1.807) is 79.3 Å². The molecule has 4 fully saturated rings. The fourth-order valence-electron chi connectivity index (χ4n) is 14.8. The van der Waals surface area contributed by atoms with E-state index in [1.165, 1.54) is 90.9 Å². The van der Waals surface area contributed by atoms with E-state index in [-0.39, 0.29) is 63.2 Å². The van der Waals surface area contributed by atoms with Crippen molar-refractivity contribution in [3.63, 3.8) is 0 Å². The largest absolute Gasteiger partial charge is 0.415 e. The van der Waals surface area contributed by atoms with Crippen molar-refractivity contribution in [3.8, 4) is 5.75 Å². The van der Waals surface area contributed by atoms with Gasteiger partial charge in [0, 0.05) is 111 Å². The van der Waals surface area contributed by atoms with Gasteiger partial charge < -0.3 is 38.1 Å². The number of likely N-dealkylation sites (tertiary alicyclic amines) is 1. The molecule has 7 aliphatic rings. The van der Waals surface area contributed by atoms with Crippen LogP contribution in [0.4, 0.5) is 18.0 Å². The second-order valence-corrected chi connectivity index (χ2v) is 28.6. The molecule has 0 spiro atoms.